The summed E-state index contributed by atoms with van der Waals surface area (Å²) in [5.74, 6) is -0.190. The van der Waals surface area contributed by atoms with E-state index in [0.29, 0.717) is 11.6 Å². The van der Waals surface area contributed by atoms with Crippen LogP contribution in [0.1, 0.15) is 59.8 Å². The van der Waals surface area contributed by atoms with Crippen molar-refractivity contribution in [2.45, 2.75) is 45.6 Å². The minimum Gasteiger partial charge on any atom is -0.381 e. The molecule has 0 bridgehead atoms. The van der Waals surface area contributed by atoms with Crippen LogP contribution in [0.15, 0.2) is 18.2 Å². The molecule has 1 fully saturated rings. The number of nitrogens with one attached hydrogen (secondary N) is 2. The number of aromatic nitrogens is 1. The zero-order valence-corrected chi connectivity index (χ0v) is 14.4. The summed E-state index contributed by atoms with van der Waals surface area (Å²) in [5.41, 5.74) is 1.52. The van der Waals surface area contributed by atoms with Gasteiger partial charge in [-0.05, 0) is 25.0 Å². The predicted octanol–water partition coefficient (Wildman–Crippen LogP) is 2.42. The smallest absolute Gasteiger partial charge is 0.248 e. The summed E-state index contributed by atoms with van der Waals surface area (Å²) in [4.78, 5) is 27.8. The van der Waals surface area contributed by atoms with Gasteiger partial charge >= 0.3 is 0 Å². The molecule has 1 aliphatic rings. The van der Waals surface area contributed by atoms with Crippen molar-refractivity contribution in [2.24, 2.45) is 0 Å². The SMILES string of the molecule is CC.CNC(=O)C(NC(C)=O)c1cccc(C2CCOCC2)n1.[HH].[HH]. The number of rotatable bonds is 4. The second kappa shape index (κ2) is 9.94. The number of likely N-dealkylation sites (N-methyl/N-ethyl adjacent to an activating group) is 1. The van der Waals surface area contributed by atoms with Crippen LogP contribution in [0.25, 0.3) is 0 Å². The van der Waals surface area contributed by atoms with Crippen LogP contribution in [-0.2, 0) is 14.3 Å². The lowest BCUT2D eigenvalue weighted by Crippen LogP contribution is -2.38. The fourth-order valence-corrected chi connectivity index (χ4v) is 2.47. The van der Waals surface area contributed by atoms with E-state index in [1.165, 1.54) is 6.92 Å². The van der Waals surface area contributed by atoms with Crippen LogP contribution in [0.2, 0.25) is 0 Å². The van der Waals surface area contributed by atoms with Crippen LogP contribution in [0.4, 0.5) is 0 Å². The standard InChI is InChI=1S/C15H21N3O3.C2H6.2H2/c1-10(19)17-14(15(20)16-2)13-5-3-4-12(18-13)11-6-8-21-9-7-11;1-2;;/h3-5,11,14H,6-9H2,1-2H3,(H,16,20)(H,17,19);1-2H3;2*1H. The van der Waals surface area contributed by atoms with Crippen molar-refractivity contribution in [3.63, 3.8) is 0 Å². The molecule has 0 aliphatic carbocycles. The Labute approximate surface area is 141 Å². The quantitative estimate of drug-likeness (QED) is 0.891. The highest BCUT2D eigenvalue weighted by Crippen LogP contribution is 2.26. The third kappa shape index (κ3) is 5.63. The lowest BCUT2D eigenvalue weighted by molar-refractivity contribution is -0.128. The molecule has 0 radical (unpaired) electrons. The monoisotopic (exact) mass is 325 g/mol. The number of carbonyl (C=O) groups is 2. The average Bonchev–Trinajstić information content (AvgIpc) is 2.61. The van der Waals surface area contributed by atoms with Crippen LogP contribution in [0, 0.1) is 0 Å². The summed E-state index contributed by atoms with van der Waals surface area (Å²) >= 11 is 0. The van der Waals surface area contributed by atoms with E-state index in [2.05, 4.69) is 15.6 Å². The van der Waals surface area contributed by atoms with Crippen LogP contribution >= 0.6 is 0 Å². The highest BCUT2D eigenvalue weighted by Gasteiger charge is 2.24. The normalized spacial score (nSPS) is 15.8. The van der Waals surface area contributed by atoms with Gasteiger partial charge in [0.25, 0.3) is 0 Å². The largest absolute Gasteiger partial charge is 0.381 e. The minimum absolute atomic E-state index is 0. The van der Waals surface area contributed by atoms with Crippen molar-refractivity contribution < 1.29 is 17.2 Å². The molecule has 2 amide bonds. The molecule has 1 unspecified atom stereocenters. The van der Waals surface area contributed by atoms with Gasteiger partial charge < -0.3 is 15.4 Å². The molecular formula is C17H31N3O3. The second-order valence-electron chi connectivity index (χ2n) is 5.12. The van der Waals surface area contributed by atoms with Crippen molar-refractivity contribution in [2.75, 3.05) is 20.3 Å². The highest BCUT2D eigenvalue weighted by molar-refractivity contribution is 5.87. The second-order valence-corrected chi connectivity index (χ2v) is 5.12. The molecule has 6 heteroatoms. The Bertz CT molecular complexity index is 524. The first kappa shape index (κ1) is 19.1. The Balaban J connectivity index is 0. The van der Waals surface area contributed by atoms with Gasteiger partial charge in [0.2, 0.25) is 11.8 Å². The van der Waals surface area contributed by atoms with Gasteiger partial charge in [-0.25, -0.2) is 0 Å². The maximum atomic E-state index is 11.9. The molecule has 1 aromatic rings. The van der Waals surface area contributed by atoms with Crippen molar-refractivity contribution >= 4 is 11.8 Å². The van der Waals surface area contributed by atoms with Gasteiger partial charge in [0.1, 0.15) is 0 Å². The molecule has 2 heterocycles. The van der Waals surface area contributed by atoms with Gasteiger partial charge in [0.05, 0.1) is 5.69 Å². The molecule has 2 rings (SSSR count). The summed E-state index contributed by atoms with van der Waals surface area (Å²) in [6.07, 6.45) is 1.86. The van der Waals surface area contributed by atoms with Crippen molar-refractivity contribution in [3.05, 3.63) is 29.6 Å². The van der Waals surface area contributed by atoms with Crippen LogP contribution < -0.4 is 10.6 Å². The fraction of sp³-hybridized carbons (Fsp3) is 0.588. The molecule has 132 valence electrons. The minimum atomic E-state index is -0.757. The number of hydrogen-bond acceptors (Lipinski definition) is 4. The van der Waals surface area contributed by atoms with E-state index in [4.69, 9.17) is 4.74 Å². The number of nitrogens with zero attached hydrogens (tertiary/aromatic N) is 1. The van der Waals surface area contributed by atoms with Gasteiger partial charge in [-0.2, -0.15) is 0 Å². The van der Waals surface area contributed by atoms with E-state index in [1.54, 1.807) is 13.1 Å². The zero-order valence-electron chi connectivity index (χ0n) is 14.4. The molecule has 1 aliphatic heterocycles. The van der Waals surface area contributed by atoms with Gasteiger partial charge in [0, 0.05) is 41.7 Å². The maximum Gasteiger partial charge on any atom is 0.248 e. The third-order valence-corrected chi connectivity index (χ3v) is 3.58. The lowest BCUT2D eigenvalue weighted by Gasteiger charge is -2.23. The number of ether oxygens (including phenoxy) is 1. The molecule has 1 aromatic heterocycles. The van der Waals surface area contributed by atoms with E-state index in [1.807, 2.05) is 26.0 Å². The maximum absolute atomic E-state index is 11.9. The van der Waals surface area contributed by atoms with Crippen molar-refractivity contribution in [3.8, 4) is 0 Å². The van der Waals surface area contributed by atoms with Crippen molar-refractivity contribution in [1.82, 2.24) is 15.6 Å². The Hall–Kier alpha value is -1.95. The van der Waals surface area contributed by atoms with Gasteiger partial charge in [0.15, 0.2) is 6.04 Å². The number of hydrogen-bond donors (Lipinski definition) is 2. The predicted molar refractivity (Wildman–Crippen MR) is 93.2 cm³/mol. The van der Waals surface area contributed by atoms with Gasteiger partial charge in [-0.3, -0.25) is 14.6 Å². The Kier molecular flexibility index (Phi) is 8.26. The van der Waals surface area contributed by atoms with Gasteiger partial charge in [-0.15, -0.1) is 0 Å². The highest BCUT2D eigenvalue weighted by atomic mass is 16.5. The first-order valence-electron chi connectivity index (χ1n) is 8.15. The molecule has 23 heavy (non-hydrogen) atoms. The van der Waals surface area contributed by atoms with E-state index in [9.17, 15) is 9.59 Å². The van der Waals surface area contributed by atoms with Crippen LogP contribution in [0.5, 0.6) is 0 Å². The summed E-state index contributed by atoms with van der Waals surface area (Å²) < 4.78 is 5.36. The Morgan fingerprint density at radius 1 is 1.30 bits per heavy atom. The molecule has 0 spiro atoms. The summed E-state index contributed by atoms with van der Waals surface area (Å²) in [6, 6.07) is 4.85. The molecule has 2 N–H and O–H groups in total. The van der Waals surface area contributed by atoms with E-state index < -0.39 is 6.04 Å². The number of pyridine rings is 1. The zero-order chi connectivity index (χ0) is 17.2. The third-order valence-electron chi connectivity index (χ3n) is 3.58. The summed E-state index contributed by atoms with van der Waals surface area (Å²) in [6.45, 7) is 6.86. The molecular weight excluding hydrogens is 294 g/mol. The molecule has 6 nitrogen and oxygen atoms in total. The van der Waals surface area contributed by atoms with Gasteiger partial charge in [-0.1, -0.05) is 19.9 Å². The summed E-state index contributed by atoms with van der Waals surface area (Å²) in [7, 11) is 1.54. The summed E-state index contributed by atoms with van der Waals surface area (Å²) in [5, 5.41) is 5.19. The van der Waals surface area contributed by atoms with Crippen LogP contribution in [-0.4, -0.2) is 37.1 Å². The number of carbonyl (C=O) groups excluding carboxylic acids is 2. The van der Waals surface area contributed by atoms with Crippen molar-refractivity contribution in [1.29, 1.82) is 0 Å². The topological polar surface area (TPSA) is 80.3 Å². The average molecular weight is 325 g/mol. The Morgan fingerprint density at radius 2 is 1.96 bits per heavy atom. The lowest BCUT2D eigenvalue weighted by atomic mass is 9.95. The first-order valence-corrected chi connectivity index (χ1v) is 8.15. The van der Waals surface area contributed by atoms with E-state index in [-0.39, 0.29) is 14.7 Å². The fourth-order valence-electron chi connectivity index (χ4n) is 2.47. The first-order chi connectivity index (χ1) is 11.1. The Morgan fingerprint density at radius 3 is 2.52 bits per heavy atom. The molecule has 1 atom stereocenters. The molecule has 1 saturated heterocycles. The van der Waals surface area contributed by atoms with Crippen LogP contribution in [0.3, 0.4) is 0 Å². The number of amides is 2. The molecule has 0 saturated carbocycles. The molecule has 0 aromatic carbocycles. The van der Waals surface area contributed by atoms with E-state index >= 15 is 0 Å². The van der Waals surface area contributed by atoms with E-state index in [0.717, 1.165) is 31.7 Å².